The fourth-order valence-electron chi connectivity index (χ4n) is 2.41. The highest BCUT2D eigenvalue weighted by atomic mass is 35.5. The van der Waals surface area contributed by atoms with Crippen LogP contribution in [0.4, 0.5) is 14.5 Å². The van der Waals surface area contributed by atoms with Gasteiger partial charge in [0.05, 0.1) is 5.02 Å². The molecule has 1 aliphatic heterocycles. The molecule has 0 aromatic heterocycles. The largest absolute Gasteiger partial charge is 0.433 e. The molecule has 5 nitrogen and oxygen atoms in total. The highest BCUT2D eigenvalue weighted by Crippen LogP contribution is 2.29. The van der Waals surface area contributed by atoms with Crippen LogP contribution < -0.4 is 10.1 Å². The molecule has 1 aliphatic rings. The minimum absolute atomic E-state index is 0.0343. The van der Waals surface area contributed by atoms with E-state index in [1.54, 1.807) is 0 Å². The predicted octanol–water partition coefficient (Wildman–Crippen LogP) is 2.89. The van der Waals surface area contributed by atoms with Gasteiger partial charge in [0, 0.05) is 19.2 Å². The molecule has 22 heavy (non-hydrogen) atoms. The number of alkyl halides is 2. The number of carbonyl (C=O) groups is 2. The van der Waals surface area contributed by atoms with Crippen molar-refractivity contribution in [3.63, 3.8) is 0 Å². The monoisotopic (exact) mass is 332 g/mol. The Hall–Kier alpha value is -1.89. The molecule has 0 aliphatic carbocycles. The molecule has 0 saturated carbocycles. The van der Waals surface area contributed by atoms with Crippen molar-refractivity contribution in [3.05, 3.63) is 23.2 Å². The normalized spacial score (nSPS) is 17.7. The number of nitrogens with one attached hydrogen (secondary N) is 1. The molecule has 1 N–H and O–H groups in total. The van der Waals surface area contributed by atoms with Gasteiger partial charge in [-0.05, 0) is 31.0 Å². The fourth-order valence-corrected chi connectivity index (χ4v) is 2.64. The van der Waals surface area contributed by atoms with Crippen molar-refractivity contribution in [3.8, 4) is 5.75 Å². The minimum Gasteiger partial charge on any atom is -0.433 e. The lowest BCUT2D eigenvalue weighted by molar-refractivity contribution is -0.134. The van der Waals surface area contributed by atoms with Crippen LogP contribution in [0.1, 0.15) is 19.8 Å². The molecule has 0 bridgehead atoms. The Morgan fingerprint density at radius 3 is 2.77 bits per heavy atom. The van der Waals surface area contributed by atoms with Crippen molar-refractivity contribution in [2.45, 2.75) is 32.4 Å². The van der Waals surface area contributed by atoms with E-state index in [9.17, 15) is 18.4 Å². The van der Waals surface area contributed by atoms with Gasteiger partial charge in [-0.15, -0.1) is 0 Å². The number of rotatable bonds is 4. The molecule has 0 spiro atoms. The zero-order valence-electron chi connectivity index (χ0n) is 11.8. The molecule has 1 heterocycles. The van der Waals surface area contributed by atoms with Gasteiger partial charge in [0.25, 0.3) is 0 Å². The van der Waals surface area contributed by atoms with Gasteiger partial charge in [-0.3, -0.25) is 9.59 Å². The van der Waals surface area contributed by atoms with Gasteiger partial charge in [0.2, 0.25) is 11.8 Å². The molecule has 0 radical (unpaired) electrons. The van der Waals surface area contributed by atoms with Gasteiger partial charge >= 0.3 is 6.61 Å². The van der Waals surface area contributed by atoms with Crippen LogP contribution in [-0.4, -0.2) is 35.9 Å². The van der Waals surface area contributed by atoms with Crippen LogP contribution in [0.5, 0.6) is 5.75 Å². The summed E-state index contributed by atoms with van der Waals surface area (Å²) in [5.74, 6) is -0.649. The van der Waals surface area contributed by atoms with Crippen LogP contribution in [0, 0.1) is 0 Å². The predicted molar refractivity (Wildman–Crippen MR) is 77.1 cm³/mol. The van der Waals surface area contributed by atoms with E-state index in [0.29, 0.717) is 18.7 Å². The molecule has 1 atom stereocenters. The van der Waals surface area contributed by atoms with Gasteiger partial charge < -0.3 is 15.0 Å². The maximum atomic E-state index is 12.2. The van der Waals surface area contributed by atoms with Gasteiger partial charge in [-0.25, -0.2) is 0 Å². The molecule has 8 heteroatoms. The standard InChI is InChI=1S/C14H15ClF2N2O3/c1-8(20)19-6-2-3-11(19)13(21)18-9-4-5-12(10(15)7-9)22-14(16)17/h4-5,7,11,14H,2-3,6H2,1H3,(H,18,21)/t11-/m1/s1. The van der Waals surface area contributed by atoms with E-state index in [1.165, 1.54) is 30.0 Å². The summed E-state index contributed by atoms with van der Waals surface area (Å²) < 4.78 is 28.5. The SMILES string of the molecule is CC(=O)N1CCC[C@@H]1C(=O)Nc1ccc(OC(F)F)c(Cl)c1. The van der Waals surface area contributed by atoms with Crippen molar-refractivity contribution in [1.82, 2.24) is 4.90 Å². The van der Waals surface area contributed by atoms with Crippen LogP contribution >= 0.6 is 11.6 Å². The Balaban J connectivity index is 2.05. The maximum absolute atomic E-state index is 12.2. The molecule has 0 unspecified atom stereocenters. The number of amides is 2. The summed E-state index contributed by atoms with van der Waals surface area (Å²) in [5, 5.41) is 2.60. The summed E-state index contributed by atoms with van der Waals surface area (Å²) in [6, 6.07) is 3.47. The average molecular weight is 333 g/mol. The molecule has 1 saturated heterocycles. The zero-order valence-corrected chi connectivity index (χ0v) is 12.6. The third-order valence-electron chi connectivity index (χ3n) is 3.38. The number of hydrogen-bond acceptors (Lipinski definition) is 3. The summed E-state index contributed by atoms with van der Waals surface area (Å²) in [5.41, 5.74) is 0.354. The van der Waals surface area contributed by atoms with Gasteiger partial charge in [0.1, 0.15) is 11.8 Å². The molecule has 2 amide bonds. The lowest BCUT2D eigenvalue weighted by atomic mass is 10.2. The van der Waals surface area contributed by atoms with Crippen LogP contribution in [0.2, 0.25) is 5.02 Å². The van der Waals surface area contributed by atoms with Crippen molar-refractivity contribution < 1.29 is 23.1 Å². The Bertz CT molecular complexity index is 583. The number of hydrogen-bond donors (Lipinski definition) is 1. The van der Waals surface area contributed by atoms with Crippen molar-refractivity contribution in [2.24, 2.45) is 0 Å². The Morgan fingerprint density at radius 1 is 1.45 bits per heavy atom. The van der Waals surface area contributed by atoms with Crippen LogP contribution in [-0.2, 0) is 9.59 Å². The topological polar surface area (TPSA) is 58.6 Å². The van der Waals surface area contributed by atoms with Crippen molar-refractivity contribution in [2.75, 3.05) is 11.9 Å². The van der Waals surface area contributed by atoms with E-state index < -0.39 is 12.7 Å². The molecular formula is C14H15ClF2N2O3. The lowest BCUT2D eigenvalue weighted by Crippen LogP contribution is -2.42. The summed E-state index contributed by atoms with van der Waals surface area (Å²) in [6.45, 7) is -1.01. The molecule has 1 aromatic rings. The number of likely N-dealkylation sites (tertiary alicyclic amines) is 1. The van der Waals surface area contributed by atoms with Gasteiger partial charge in [0.15, 0.2) is 0 Å². The number of halogens is 3. The van der Waals surface area contributed by atoms with Gasteiger partial charge in [-0.1, -0.05) is 11.6 Å². The minimum atomic E-state index is -2.97. The molecular weight excluding hydrogens is 318 g/mol. The van der Waals surface area contributed by atoms with E-state index in [4.69, 9.17) is 11.6 Å². The van der Waals surface area contributed by atoms with Crippen LogP contribution in [0.25, 0.3) is 0 Å². The summed E-state index contributed by atoms with van der Waals surface area (Å²) in [7, 11) is 0. The fraction of sp³-hybridized carbons (Fsp3) is 0.429. The molecule has 1 fully saturated rings. The first kappa shape index (κ1) is 16.5. The van der Waals surface area contributed by atoms with Gasteiger partial charge in [-0.2, -0.15) is 8.78 Å². The zero-order chi connectivity index (χ0) is 16.3. The number of ether oxygens (including phenoxy) is 1. The summed E-state index contributed by atoms with van der Waals surface area (Å²) in [4.78, 5) is 25.2. The second-order valence-electron chi connectivity index (χ2n) is 4.88. The second kappa shape index (κ2) is 6.91. The van der Waals surface area contributed by atoms with Crippen LogP contribution in [0.3, 0.4) is 0 Å². The lowest BCUT2D eigenvalue weighted by Gasteiger charge is -2.22. The second-order valence-corrected chi connectivity index (χ2v) is 5.29. The number of benzene rings is 1. The van der Waals surface area contributed by atoms with E-state index in [-0.39, 0.29) is 22.6 Å². The van der Waals surface area contributed by atoms with E-state index in [0.717, 1.165) is 6.42 Å². The molecule has 120 valence electrons. The van der Waals surface area contributed by atoms with Crippen molar-refractivity contribution in [1.29, 1.82) is 0 Å². The Labute approximate surface area is 131 Å². The van der Waals surface area contributed by atoms with E-state index in [1.807, 2.05) is 0 Å². The highest BCUT2D eigenvalue weighted by molar-refractivity contribution is 6.32. The quantitative estimate of drug-likeness (QED) is 0.922. The number of nitrogens with zero attached hydrogens (tertiary/aromatic N) is 1. The first-order valence-corrected chi connectivity index (χ1v) is 7.08. The third kappa shape index (κ3) is 3.85. The summed E-state index contributed by atoms with van der Waals surface area (Å²) >= 11 is 5.82. The summed E-state index contributed by atoms with van der Waals surface area (Å²) in [6.07, 6.45) is 1.35. The molecule has 1 aromatic carbocycles. The van der Waals surface area contributed by atoms with E-state index >= 15 is 0 Å². The van der Waals surface area contributed by atoms with Crippen molar-refractivity contribution >= 4 is 29.1 Å². The Morgan fingerprint density at radius 2 is 2.18 bits per heavy atom. The van der Waals surface area contributed by atoms with E-state index in [2.05, 4.69) is 10.1 Å². The number of anilines is 1. The highest BCUT2D eigenvalue weighted by Gasteiger charge is 2.32. The third-order valence-corrected chi connectivity index (χ3v) is 3.67. The van der Waals surface area contributed by atoms with Crippen LogP contribution in [0.15, 0.2) is 18.2 Å². The molecule has 2 rings (SSSR count). The first-order valence-electron chi connectivity index (χ1n) is 6.71. The number of carbonyl (C=O) groups excluding carboxylic acids is 2. The Kier molecular flexibility index (Phi) is 5.18. The average Bonchev–Trinajstić information content (AvgIpc) is 2.91. The maximum Gasteiger partial charge on any atom is 0.387 e. The first-order chi connectivity index (χ1) is 10.4. The smallest absolute Gasteiger partial charge is 0.387 e.